The number of anilines is 2. The Morgan fingerprint density at radius 1 is 1.20 bits per heavy atom. The summed E-state index contributed by atoms with van der Waals surface area (Å²) >= 11 is 0. The van der Waals surface area contributed by atoms with Crippen molar-refractivity contribution < 1.29 is 19.0 Å². The van der Waals surface area contributed by atoms with E-state index in [1.807, 2.05) is 24.3 Å². The van der Waals surface area contributed by atoms with Crippen molar-refractivity contribution >= 4 is 29.7 Å². The highest BCUT2D eigenvalue weighted by Gasteiger charge is 2.17. The molecule has 1 aliphatic rings. The maximum absolute atomic E-state index is 12.1. The van der Waals surface area contributed by atoms with E-state index in [0.717, 1.165) is 18.6 Å². The Bertz CT molecular complexity index is 735. The van der Waals surface area contributed by atoms with Crippen LogP contribution in [-0.4, -0.2) is 19.8 Å². The molecule has 0 radical (unpaired) electrons. The Balaban J connectivity index is 0.00000225. The van der Waals surface area contributed by atoms with Gasteiger partial charge in [0.15, 0.2) is 11.5 Å². The van der Waals surface area contributed by atoms with E-state index in [1.165, 1.54) is 5.56 Å². The number of amides is 1. The van der Waals surface area contributed by atoms with Crippen LogP contribution in [0.5, 0.6) is 17.2 Å². The molecule has 3 N–H and O–H groups in total. The fraction of sp³-hybridized carbons (Fsp3) is 0.278. The molecule has 134 valence electrons. The summed E-state index contributed by atoms with van der Waals surface area (Å²) in [7, 11) is 1.64. The number of benzene rings is 2. The molecule has 0 aromatic heterocycles. The third-order valence-corrected chi connectivity index (χ3v) is 3.85. The lowest BCUT2D eigenvalue weighted by Crippen LogP contribution is -2.12. The van der Waals surface area contributed by atoms with Crippen LogP contribution in [0.2, 0.25) is 0 Å². The van der Waals surface area contributed by atoms with E-state index in [9.17, 15) is 4.79 Å². The zero-order valence-corrected chi connectivity index (χ0v) is 14.7. The lowest BCUT2D eigenvalue weighted by atomic mass is 10.1. The third kappa shape index (κ3) is 4.70. The van der Waals surface area contributed by atoms with E-state index in [1.54, 1.807) is 19.2 Å². The van der Waals surface area contributed by atoms with E-state index < -0.39 is 0 Å². The van der Waals surface area contributed by atoms with Crippen molar-refractivity contribution in [3.8, 4) is 17.2 Å². The molecule has 3 rings (SSSR count). The summed E-state index contributed by atoms with van der Waals surface area (Å²) in [5, 5.41) is 2.82. The highest BCUT2D eigenvalue weighted by molar-refractivity contribution is 5.94. The zero-order valence-electron chi connectivity index (χ0n) is 13.9. The van der Waals surface area contributed by atoms with Crippen molar-refractivity contribution in [1.82, 2.24) is 0 Å². The minimum Gasteiger partial charge on any atom is -0.497 e. The number of carbonyl (C=O) groups is 1. The molecular weight excluding hydrogens is 344 g/mol. The molecule has 0 saturated heterocycles. The molecule has 25 heavy (non-hydrogen) atoms. The summed E-state index contributed by atoms with van der Waals surface area (Å²) < 4.78 is 15.7. The molecule has 0 saturated carbocycles. The van der Waals surface area contributed by atoms with Crippen molar-refractivity contribution in [2.75, 3.05) is 25.0 Å². The molecule has 0 bridgehead atoms. The topological polar surface area (TPSA) is 82.8 Å². The van der Waals surface area contributed by atoms with Crippen molar-refractivity contribution in [2.45, 2.75) is 19.3 Å². The number of halogens is 1. The van der Waals surface area contributed by atoms with E-state index >= 15 is 0 Å². The summed E-state index contributed by atoms with van der Waals surface area (Å²) in [5.74, 6) is 1.95. The van der Waals surface area contributed by atoms with Gasteiger partial charge in [-0.05, 0) is 30.5 Å². The Morgan fingerprint density at radius 3 is 2.56 bits per heavy atom. The quantitative estimate of drug-likeness (QED) is 0.768. The predicted octanol–water partition coefficient (Wildman–Crippen LogP) is 3.39. The fourth-order valence-electron chi connectivity index (χ4n) is 2.52. The highest BCUT2D eigenvalue weighted by Crippen LogP contribution is 2.38. The van der Waals surface area contributed by atoms with E-state index in [4.69, 9.17) is 19.9 Å². The first-order chi connectivity index (χ1) is 11.7. The van der Waals surface area contributed by atoms with Gasteiger partial charge >= 0.3 is 0 Å². The molecular formula is C18H21ClN2O4. The lowest BCUT2D eigenvalue weighted by molar-refractivity contribution is -0.116. The first-order valence-corrected chi connectivity index (χ1v) is 7.77. The van der Waals surface area contributed by atoms with Gasteiger partial charge in [0, 0.05) is 18.6 Å². The molecule has 1 aliphatic heterocycles. The van der Waals surface area contributed by atoms with Gasteiger partial charge in [0.1, 0.15) is 5.75 Å². The van der Waals surface area contributed by atoms with Gasteiger partial charge in [0.2, 0.25) is 12.7 Å². The maximum atomic E-state index is 12.1. The van der Waals surface area contributed by atoms with Crippen LogP contribution in [0.4, 0.5) is 11.4 Å². The maximum Gasteiger partial charge on any atom is 0.231 e. The zero-order chi connectivity index (χ0) is 16.9. The van der Waals surface area contributed by atoms with Crippen molar-refractivity contribution in [3.05, 3.63) is 42.0 Å². The average molecular weight is 365 g/mol. The molecule has 1 heterocycles. The summed E-state index contributed by atoms with van der Waals surface area (Å²) in [6.45, 7) is 0.175. The standard InChI is InChI=1S/C18H20N2O4.ClH/c1-22-13-7-5-12(6-8-13)3-2-4-18(21)20-15-10-17-16(9-14(15)19)23-11-24-17;/h5-10H,2-4,11,19H2,1H3,(H,20,21);1H. The van der Waals surface area contributed by atoms with Gasteiger partial charge in [0.25, 0.3) is 0 Å². The van der Waals surface area contributed by atoms with Crippen molar-refractivity contribution in [3.63, 3.8) is 0 Å². The Morgan fingerprint density at radius 2 is 1.88 bits per heavy atom. The van der Waals surface area contributed by atoms with Crippen LogP contribution < -0.4 is 25.3 Å². The fourth-order valence-corrected chi connectivity index (χ4v) is 2.52. The number of nitrogens with two attached hydrogens (primary N) is 1. The normalized spacial score (nSPS) is 11.6. The van der Waals surface area contributed by atoms with Crippen LogP contribution in [0.15, 0.2) is 36.4 Å². The first-order valence-electron chi connectivity index (χ1n) is 7.77. The molecule has 1 amide bonds. The molecule has 7 heteroatoms. The van der Waals surface area contributed by atoms with Crippen LogP contribution in [0.25, 0.3) is 0 Å². The molecule has 0 atom stereocenters. The van der Waals surface area contributed by atoms with E-state index in [2.05, 4.69) is 5.32 Å². The van der Waals surface area contributed by atoms with Crippen LogP contribution in [0, 0.1) is 0 Å². The number of hydrogen-bond acceptors (Lipinski definition) is 5. The van der Waals surface area contributed by atoms with E-state index in [-0.39, 0.29) is 25.1 Å². The number of rotatable bonds is 6. The second-order valence-electron chi connectivity index (χ2n) is 5.54. The Hall–Kier alpha value is -2.60. The minimum absolute atomic E-state index is 0. The third-order valence-electron chi connectivity index (χ3n) is 3.85. The summed E-state index contributed by atoms with van der Waals surface area (Å²) in [6.07, 6.45) is 2.00. The van der Waals surface area contributed by atoms with Crippen LogP contribution >= 0.6 is 12.4 Å². The van der Waals surface area contributed by atoms with Crippen molar-refractivity contribution in [2.24, 2.45) is 0 Å². The SMILES string of the molecule is COc1ccc(CCCC(=O)Nc2cc3c(cc2N)OCO3)cc1.Cl. The smallest absolute Gasteiger partial charge is 0.231 e. The van der Waals surface area contributed by atoms with Gasteiger partial charge in [-0.25, -0.2) is 0 Å². The number of aryl methyl sites for hydroxylation is 1. The van der Waals surface area contributed by atoms with Gasteiger partial charge in [0.05, 0.1) is 18.5 Å². The molecule has 0 spiro atoms. The van der Waals surface area contributed by atoms with Gasteiger partial charge in [-0.2, -0.15) is 0 Å². The number of carbonyl (C=O) groups excluding carboxylic acids is 1. The molecule has 0 fully saturated rings. The van der Waals surface area contributed by atoms with Crippen LogP contribution in [0.1, 0.15) is 18.4 Å². The van der Waals surface area contributed by atoms with Crippen molar-refractivity contribution in [1.29, 1.82) is 0 Å². The number of ether oxygens (including phenoxy) is 3. The van der Waals surface area contributed by atoms with Crippen LogP contribution in [-0.2, 0) is 11.2 Å². The molecule has 0 aliphatic carbocycles. The minimum atomic E-state index is -0.0749. The van der Waals surface area contributed by atoms with Crippen LogP contribution in [0.3, 0.4) is 0 Å². The second-order valence-corrected chi connectivity index (χ2v) is 5.54. The number of methoxy groups -OCH3 is 1. The summed E-state index contributed by atoms with van der Waals surface area (Å²) in [4.78, 5) is 12.1. The monoisotopic (exact) mass is 364 g/mol. The predicted molar refractivity (Wildman–Crippen MR) is 98.8 cm³/mol. The largest absolute Gasteiger partial charge is 0.497 e. The first kappa shape index (κ1) is 18.7. The molecule has 0 unspecified atom stereocenters. The molecule has 2 aromatic rings. The van der Waals surface area contributed by atoms with Gasteiger partial charge in [-0.1, -0.05) is 12.1 Å². The lowest BCUT2D eigenvalue weighted by Gasteiger charge is -2.09. The second kappa shape index (κ2) is 8.48. The van der Waals surface area contributed by atoms with E-state index in [0.29, 0.717) is 29.3 Å². The molecule has 6 nitrogen and oxygen atoms in total. The van der Waals surface area contributed by atoms with Gasteiger partial charge in [-0.3, -0.25) is 4.79 Å². The van der Waals surface area contributed by atoms with Gasteiger partial charge in [-0.15, -0.1) is 12.4 Å². The Kier molecular flexibility index (Phi) is 6.36. The number of nitrogens with one attached hydrogen (secondary N) is 1. The average Bonchev–Trinajstić information content (AvgIpc) is 3.03. The summed E-state index contributed by atoms with van der Waals surface area (Å²) in [5.41, 5.74) is 8.11. The van der Waals surface area contributed by atoms with Gasteiger partial charge < -0.3 is 25.3 Å². The molecule has 2 aromatic carbocycles. The number of fused-ring (bicyclic) bond motifs is 1. The number of nitrogen functional groups attached to an aromatic ring is 1. The highest BCUT2D eigenvalue weighted by atomic mass is 35.5. The number of hydrogen-bond donors (Lipinski definition) is 2. The Labute approximate surface area is 152 Å². The summed E-state index contributed by atoms with van der Waals surface area (Å²) in [6, 6.07) is 11.2.